The topological polar surface area (TPSA) is 206 Å². The average molecular weight is 917 g/mol. The lowest BCUT2D eigenvalue weighted by Crippen LogP contribution is -2.61. The molecule has 8 atom stereocenters. The van der Waals surface area contributed by atoms with Crippen LogP contribution in [0.5, 0.6) is 0 Å². The Balaban J connectivity index is 1.25. The van der Waals surface area contributed by atoms with Crippen LogP contribution in [0.25, 0.3) is 0 Å². The highest BCUT2D eigenvalue weighted by atomic mass is 16.2. The molecule has 356 valence electrons. The van der Waals surface area contributed by atoms with Crippen LogP contribution in [0.3, 0.4) is 0 Å². The van der Waals surface area contributed by atoms with E-state index in [1.165, 1.54) is 21.6 Å². The van der Waals surface area contributed by atoms with Gasteiger partial charge in [-0.2, -0.15) is 0 Å². The van der Waals surface area contributed by atoms with Gasteiger partial charge in [-0.3, -0.25) is 38.4 Å². The van der Waals surface area contributed by atoms with E-state index < -0.39 is 95.6 Å². The number of fused-ring (bicyclic) bond motifs is 3. The van der Waals surface area contributed by atoms with Gasteiger partial charge >= 0.3 is 0 Å². The summed E-state index contributed by atoms with van der Waals surface area (Å²) in [4.78, 5) is 120. The summed E-state index contributed by atoms with van der Waals surface area (Å²) in [6.45, 7) is 6.13. The number of nitrogens with zero attached hydrogens (tertiary/aromatic N) is 3. The van der Waals surface area contributed by atoms with E-state index in [2.05, 4.69) is 26.6 Å². The van der Waals surface area contributed by atoms with Crippen LogP contribution in [-0.2, 0) is 57.6 Å². The second kappa shape index (κ2) is 22.3. The molecule has 4 fully saturated rings. The summed E-state index contributed by atoms with van der Waals surface area (Å²) in [5, 5.41) is 14.5. The quantitative estimate of drug-likeness (QED) is 0.226. The second-order valence-corrected chi connectivity index (χ2v) is 18.7. The van der Waals surface area contributed by atoms with Gasteiger partial charge in [0.15, 0.2) is 0 Å². The summed E-state index contributed by atoms with van der Waals surface area (Å²) in [7, 11) is 0. The summed E-state index contributed by atoms with van der Waals surface area (Å²) in [6, 6.07) is 19.0. The van der Waals surface area contributed by atoms with Crippen LogP contribution in [-0.4, -0.2) is 130 Å². The van der Waals surface area contributed by atoms with Crippen molar-refractivity contribution in [2.75, 3.05) is 19.6 Å². The zero-order chi connectivity index (χ0) is 47.6. The maximum Gasteiger partial charge on any atom is 0.246 e. The third kappa shape index (κ3) is 12.1. The van der Waals surface area contributed by atoms with E-state index in [-0.39, 0.29) is 51.2 Å². The van der Waals surface area contributed by atoms with Crippen LogP contribution in [0.1, 0.15) is 82.4 Å². The number of hydrogen-bond donors (Lipinski definition) is 5. The minimum absolute atomic E-state index is 0.0241. The Hall–Kier alpha value is -6.58. The molecule has 4 aliphatic heterocycles. The summed E-state index contributed by atoms with van der Waals surface area (Å²) < 4.78 is 0. The number of benzene rings is 3. The lowest BCUT2D eigenvalue weighted by molar-refractivity contribution is -0.145. The molecule has 3 aromatic carbocycles. The van der Waals surface area contributed by atoms with E-state index in [0.717, 1.165) is 16.7 Å². The number of nitrogens with one attached hydrogen (secondary N) is 5. The third-order valence-electron chi connectivity index (χ3n) is 13.3. The first-order chi connectivity index (χ1) is 32.3. The van der Waals surface area contributed by atoms with Crippen molar-refractivity contribution in [1.82, 2.24) is 41.3 Å². The molecule has 4 saturated heterocycles. The molecule has 5 N–H and O–H groups in total. The van der Waals surface area contributed by atoms with Crippen LogP contribution in [0.4, 0.5) is 0 Å². The van der Waals surface area contributed by atoms with E-state index in [0.29, 0.717) is 38.5 Å². The smallest absolute Gasteiger partial charge is 0.246 e. The fourth-order valence-electron chi connectivity index (χ4n) is 9.87. The SMILES string of the molecule is CC(C)CC1NC(=O)C2CCCN2C(=O)C(C)NC(=O)C(Cc2ccccc2)NC(=O)C(Cc2ccccc2)NC(=O)C2CCCN2C(=O)C(Cc2ccccc2)NC(=O)C2CCCN2C1=O. The molecular weight excluding hydrogens is 853 g/mol. The molecule has 0 aliphatic carbocycles. The summed E-state index contributed by atoms with van der Waals surface area (Å²) >= 11 is 0. The van der Waals surface area contributed by atoms with Gasteiger partial charge in [0.25, 0.3) is 0 Å². The average Bonchev–Trinajstić information content (AvgIpc) is 4.13. The number of carbonyl (C=O) groups excluding carboxylic acids is 8. The maximum atomic E-state index is 14.8. The van der Waals surface area contributed by atoms with Gasteiger partial charge < -0.3 is 41.3 Å². The maximum absolute atomic E-state index is 14.8. The van der Waals surface area contributed by atoms with Crippen molar-refractivity contribution in [3.05, 3.63) is 108 Å². The molecule has 16 nitrogen and oxygen atoms in total. The Kier molecular flexibility index (Phi) is 16.1. The van der Waals surface area contributed by atoms with Gasteiger partial charge in [0.05, 0.1) is 0 Å². The molecule has 67 heavy (non-hydrogen) atoms. The Morgan fingerprint density at radius 2 is 0.761 bits per heavy atom. The molecule has 4 heterocycles. The minimum Gasteiger partial charge on any atom is -0.343 e. The largest absolute Gasteiger partial charge is 0.343 e. The normalized spacial score (nSPS) is 27.3. The molecule has 3 aromatic rings. The molecule has 4 aliphatic rings. The highest BCUT2D eigenvalue weighted by Gasteiger charge is 2.44. The lowest BCUT2D eigenvalue weighted by atomic mass is 10.0. The molecule has 0 bridgehead atoms. The second-order valence-electron chi connectivity index (χ2n) is 18.7. The number of rotatable bonds is 8. The van der Waals surface area contributed by atoms with Crippen LogP contribution in [0.15, 0.2) is 91.0 Å². The minimum atomic E-state index is -1.19. The molecule has 0 spiro atoms. The molecule has 8 amide bonds. The van der Waals surface area contributed by atoms with E-state index in [4.69, 9.17) is 0 Å². The predicted octanol–water partition coefficient (Wildman–Crippen LogP) is 2.19. The van der Waals surface area contributed by atoms with Gasteiger partial charge in [-0.1, -0.05) is 105 Å². The predicted molar refractivity (Wildman–Crippen MR) is 249 cm³/mol. The summed E-state index contributed by atoms with van der Waals surface area (Å²) in [6.07, 6.45) is 3.03. The zero-order valence-corrected chi connectivity index (χ0v) is 38.7. The van der Waals surface area contributed by atoms with Gasteiger partial charge in [-0.15, -0.1) is 0 Å². The van der Waals surface area contributed by atoms with Crippen LogP contribution >= 0.6 is 0 Å². The van der Waals surface area contributed by atoms with Gasteiger partial charge in [0, 0.05) is 38.9 Å². The molecule has 16 heteroatoms. The number of amides is 8. The summed E-state index contributed by atoms with van der Waals surface area (Å²) in [5.74, 6) is -4.29. The molecular formula is C51H64N8O8. The van der Waals surface area contributed by atoms with Crippen molar-refractivity contribution in [2.45, 2.75) is 133 Å². The number of hydrogen-bond acceptors (Lipinski definition) is 8. The highest BCUT2D eigenvalue weighted by molar-refractivity contribution is 5.99. The van der Waals surface area contributed by atoms with Crippen molar-refractivity contribution in [3.63, 3.8) is 0 Å². The Morgan fingerprint density at radius 3 is 1.18 bits per heavy atom. The van der Waals surface area contributed by atoms with Crippen molar-refractivity contribution in [3.8, 4) is 0 Å². The fraction of sp³-hybridized carbons (Fsp3) is 0.490. The van der Waals surface area contributed by atoms with Crippen LogP contribution in [0.2, 0.25) is 0 Å². The molecule has 0 saturated carbocycles. The lowest BCUT2D eigenvalue weighted by Gasteiger charge is -2.33. The van der Waals surface area contributed by atoms with E-state index >= 15 is 0 Å². The zero-order valence-electron chi connectivity index (χ0n) is 38.7. The van der Waals surface area contributed by atoms with Gasteiger partial charge in [-0.25, -0.2) is 0 Å². The van der Waals surface area contributed by atoms with Gasteiger partial charge in [0.1, 0.15) is 48.3 Å². The first-order valence-electron chi connectivity index (χ1n) is 23.8. The van der Waals surface area contributed by atoms with Gasteiger partial charge in [0.2, 0.25) is 47.3 Å². The fourth-order valence-corrected chi connectivity index (χ4v) is 9.87. The van der Waals surface area contributed by atoms with Crippen molar-refractivity contribution >= 4 is 47.3 Å². The Bertz CT molecular complexity index is 2260. The standard InChI is InChI=1S/C51H64N8O8/c1-32(2)28-39-50(66)58-26-15-24-43(58)48(64)56-40(31-36-20-11-6-12-21-36)51(67)59-27-14-23-42(59)46(62)54-38(30-35-18-9-5-10-19-35)45(61)53-37(29-34-16-7-4-8-17-34)44(60)52-33(3)49(65)57-25-13-22-41(57)47(63)55-39/h4-12,16-21,32-33,37-43H,13-15,22-31H2,1-3H3,(H,52,60)(H,53,61)(H,54,62)(H,55,63)(H,56,64). The summed E-state index contributed by atoms with van der Waals surface area (Å²) in [5.41, 5.74) is 2.25. The van der Waals surface area contributed by atoms with E-state index in [9.17, 15) is 38.4 Å². The van der Waals surface area contributed by atoms with Crippen LogP contribution in [0, 0.1) is 5.92 Å². The number of carbonyl (C=O) groups is 8. The van der Waals surface area contributed by atoms with Gasteiger partial charge in [-0.05, 0) is 74.5 Å². The molecule has 0 radical (unpaired) electrons. The van der Waals surface area contributed by atoms with Crippen molar-refractivity contribution in [2.24, 2.45) is 5.92 Å². The van der Waals surface area contributed by atoms with Crippen molar-refractivity contribution < 1.29 is 38.4 Å². The molecule has 8 unspecified atom stereocenters. The first-order valence-corrected chi connectivity index (χ1v) is 23.8. The van der Waals surface area contributed by atoms with E-state index in [1.807, 2.05) is 105 Å². The monoisotopic (exact) mass is 916 g/mol. The highest BCUT2D eigenvalue weighted by Crippen LogP contribution is 2.25. The molecule has 0 aromatic heterocycles. The van der Waals surface area contributed by atoms with Crippen LogP contribution < -0.4 is 26.6 Å². The Morgan fingerprint density at radius 1 is 0.433 bits per heavy atom. The first kappa shape index (κ1) is 48.4. The third-order valence-corrected chi connectivity index (χ3v) is 13.3. The Labute approximate surface area is 392 Å². The van der Waals surface area contributed by atoms with E-state index in [1.54, 1.807) is 0 Å². The molecule has 7 rings (SSSR count). The van der Waals surface area contributed by atoms with Crippen molar-refractivity contribution in [1.29, 1.82) is 0 Å².